The first-order valence-corrected chi connectivity index (χ1v) is 5.49. The summed E-state index contributed by atoms with van der Waals surface area (Å²) in [6.07, 6.45) is -0.152. The van der Waals surface area contributed by atoms with E-state index in [4.69, 9.17) is 9.84 Å². The minimum atomic E-state index is -0.971. The Morgan fingerprint density at radius 2 is 2.31 bits per heavy atom. The van der Waals surface area contributed by atoms with Gasteiger partial charge in [-0.15, -0.1) is 0 Å². The maximum atomic E-state index is 13.5. The number of ether oxygens (including phenoxy) is 1. The van der Waals surface area contributed by atoms with Gasteiger partial charge in [0, 0.05) is 17.5 Å². The summed E-state index contributed by atoms with van der Waals surface area (Å²) >= 11 is 3.23. The van der Waals surface area contributed by atoms with Crippen molar-refractivity contribution < 1.29 is 19.0 Å². The molecule has 1 N–H and O–H groups in total. The van der Waals surface area contributed by atoms with Gasteiger partial charge in [0.05, 0.1) is 13.0 Å². The third kappa shape index (κ3) is 3.57. The van der Waals surface area contributed by atoms with E-state index in [1.54, 1.807) is 12.1 Å². The molecule has 0 heterocycles. The number of methoxy groups -OCH3 is 1. The fourth-order valence-electron chi connectivity index (χ4n) is 1.50. The van der Waals surface area contributed by atoms with E-state index in [0.29, 0.717) is 5.56 Å². The van der Waals surface area contributed by atoms with Crippen molar-refractivity contribution in [2.24, 2.45) is 0 Å². The highest BCUT2D eigenvalue weighted by Gasteiger charge is 2.19. The topological polar surface area (TPSA) is 46.5 Å². The van der Waals surface area contributed by atoms with Crippen LogP contribution in [-0.2, 0) is 9.53 Å². The zero-order valence-electron chi connectivity index (χ0n) is 8.74. The van der Waals surface area contributed by atoms with Gasteiger partial charge in [0.25, 0.3) is 0 Å². The van der Waals surface area contributed by atoms with Crippen LogP contribution in [0, 0.1) is 5.82 Å². The van der Waals surface area contributed by atoms with Crippen LogP contribution in [0.2, 0.25) is 0 Å². The molecule has 0 spiro atoms. The zero-order valence-corrected chi connectivity index (χ0v) is 10.3. The number of aliphatic carboxylic acids is 1. The van der Waals surface area contributed by atoms with Crippen molar-refractivity contribution in [3.63, 3.8) is 0 Å². The Kier molecular flexibility index (Phi) is 4.89. The van der Waals surface area contributed by atoms with Crippen LogP contribution >= 0.6 is 15.9 Å². The van der Waals surface area contributed by atoms with Crippen LogP contribution in [0.1, 0.15) is 17.9 Å². The van der Waals surface area contributed by atoms with Gasteiger partial charge in [0.15, 0.2) is 0 Å². The van der Waals surface area contributed by atoms with Gasteiger partial charge < -0.3 is 9.84 Å². The van der Waals surface area contributed by atoms with Crippen LogP contribution in [0.25, 0.3) is 0 Å². The predicted molar refractivity (Wildman–Crippen MR) is 61.0 cm³/mol. The van der Waals surface area contributed by atoms with E-state index in [1.165, 1.54) is 13.2 Å². The second-order valence-electron chi connectivity index (χ2n) is 3.42. The molecule has 1 aromatic carbocycles. The molecule has 0 fully saturated rings. The van der Waals surface area contributed by atoms with Crippen LogP contribution in [0.15, 0.2) is 22.7 Å². The maximum Gasteiger partial charge on any atom is 0.304 e. The molecule has 0 amide bonds. The normalized spacial score (nSPS) is 12.4. The summed E-state index contributed by atoms with van der Waals surface area (Å²) in [5.41, 5.74) is 0.360. The molecule has 0 aliphatic carbocycles. The minimum absolute atomic E-state index is 0.152. The molecule has 1 unspecified atom stereocenters. The summed E-state index contributed by atoms with van der Waals surface area (Å²) in [4.78, 5) is 10.7. The van der Waals surface area contributed by atoms with Gasteiger partial charge in [-0.25, -0.2) is 4.39 Å². The Morgan fingerprint density at radius 3 is 2.88 bits per heavy atom. The van der Waals surface area contributed by atoms with Gasteiger partial charge in [-0.3, -0.25) is 4.79 Å². The second-order valence-corrected chi connectivity index (χ2v) is 4.33. The molecule has 0 saturated heterocycles. The van der Waals surface area contributed by atoms with Crippen LogP contribution < -0.4 is 0 Å². The third-order valence-electron chi connectivity index (χ3n) is 2.19. The van der Waals surface area contributed by atoms with E-state index in [0.717, 1.165) is 4.47 Å². The summed E-state index contributed by atoms with van der Waals surface area (Å²) < 4.78 is 19.2. The van der Waals surface area contributed by atoms with Crippen LogP contribution in [-0.4, -0.2) is 24.8 Å². The maximum absolute atomic E-state index is 13.5. The van der Waals surface area contributed by atoms with Gasteiger partial charge in [0.1, 0.15) is 5.82 Å². The monoisotopic (exact) mass is 290 g/mol. The van der Waals surface area contributed by atoms with E-state index >= 15 is 0 Å². The average Bonchev–Trinajstić information content (AvgIpc) is 2.20. The molecule has 0 aliphatic heterocycles. The Hall–Kier alpha value is -0.940. The fraction of sp³-hybridized carbons (Fsp3) is 0.364. The standard InChI is InChI=1S/C11H12BrFO3/c1-16-6-7(4-11(14)15)9-5-8(12)2-3-10(9)13/h2-3,5,7H,4,6H2,1H3,(H,14,15). The Labute approximate surface area is 101 Å². The van der Waals surface area contributed by atoms with E-state index in [9.17, 15) is 9.18 Å². The number of hydrogen-bond acceptors (Lipinski definition) is 2. The summed E-state index contributed by atoms with van der Waals surface area (Å²) in [7, 11) is 1.46. The molecule has 16 heavy (non-hydrogen) atoms. The van der Waals surface area contributed by atoms with Crippen molar-refractivity contribution in [3.05, 3.63) is 34.1 Å². The molecule has 0 saturated carbocycles. The highest BCUT2D eigenvalue weighted by atomic mass is 79.9. The first-order chi connectivity index (χ1) is 7.54. The summed E-state index contributed by atoms with van der Waals surface area (Å²) in [6, 6.07) is 4.47. The number of carbonyl (C=O) groups is 1. The first kappa shape index (κ1) is 13.1. The van der Waals surface area contributed by atoms with Crippen LogP contribution in [0.5, 0.6) is 0 Å². The van der Waals surface area contributed by atoms with Gasteiger partial charge >= 0.3 is 5.97 Å². The van der Waals surface area contributed by atoms with Crippen molar-refractivity contribution in [2.45, 2.75) is 12.3 Å². The lowest BCUT2D eigenvalue weighted by Gasteiger charge is -2.15. The molecule has 1 aromatic rings. The molecule has 1 rings (SSSR count). The quantitative estimate of drug-likeness (QED) is 0.907. The fourth-order valence-corrected chi connectivity index (χ4v) is 1.88. The largest absolute Gasteiger partial charge is 0.481 e. The minimum Gasteiger partial charge on any atom is -0.481 e. The third-order valence-corrected chi connectivity index (χ3v) is 2.68. The van der Waals surface area contributed by atoms with Gasteiger partial charge in [-0.05, 0) is 23.8 Å². The van der Waals surface area contributed by atoms with Gasteiger partial charge in [0.2, 0.25) is 0 Å². The predicted octanol–water partition coefficient (Wildman–Crippen LogP) is 2.79. The molecule has 0 aromatic heterocycles. The molecular weight excluding hydrogens is 279 g/mol. The Balaban J connectivity index is 2.99. The molecule has 1 atom stereocenters. The lowest BCUT2D eigenvalue weighted by atomic mass is 9.96. The Morgan fingerprint density at radius 1 is 1.62 bits per heavy atom. The summed E-state index contributed by atoms with van der Waals surface area (Å²) in [5.74, 6) is -1.85. The number of rotatable bonds is 5. The smallest absolute Gasteiger partial charge is 0.304 e. The first-order valence-electron chi connectivity index (χ1n) is 4.70. The van der Waals surface area contributed by atoms with E-state index in [-0.39, 0.29) is 13.0 Å². The van der Waals surface area contributed by atoms with Gasteiger partial charge in [-0.1, -0.05) is 15.9 Å². The molecule has 0 radical (unpaired) electrons. The van der Waals surface area contributed by atoms with Crippen molar-refractivity contribution in [1.29, 1.82) is 0 Å². The second kappa shape index (κ2) is 5.96. The van der Waals surface area contributed by atoms with E-state index in [1.807, 2.05) is 0 Å². The summed E-state index contributed by atoms with van der Waals surface area (Å²) in [5, 5.41) is 8.74. The lowest BCUT2D eigenvalue weighted by Crippen LogP contribution is -2.13. The van der Waals surface area contributed by atoms with E-state index in [2.05, 4.69) is 15.9 Å². The molecule has 0 bridgehead atoms. The van der Waals surface area contributed by atoms with E-state index < -0.39 is 17.7 Å². The zero-order chi connectivity index (χ0) is 12.1. The number of carboxylic acid groups (broad SMARTS) is 1. The highest BCUT2D eigenvalue weighted by molar-refractivity contribution is 9.10. The SMILES string of the molecule is COCC(CC(=O)O)c1cc(Br)ccc1F. The van der Waals surface area contributed by atoms with Crippen molar-refractivity contribution in [3.8, 4) is 0 Å². The van der Waals surface area contributed by atoms with Crippen molar-refractivity contribution in [1.82, 2.24) is 0 Å². The molecule has 5 heteroatoms. The average molecular weight is 291 g/mol. The molecule has 0 aliphatic rings. The molecular formula is C11H12BrFO3. The molecule has 3 nitrogen and oxygen atoms in total. The molecule has 88 valence electrons. The Bertz CT molecular complexity index is 381. The number of hydrogen-bond donors (Lipinski definition) is 1. The lowest BCUT2D eigenvalue weighted by molar-refractivity contribution is -0.137. The van der Waals surface area contributed by atoms with Crippen molar-refractivity contribution >= 4 is 21.9 Å². The number of halogens is 2. The number of carboxylic acids is 1. The highest BCUT2D eigenvalue weighted by Crippen LogP contribution is 2.26. The summed E-state index contributed by atoms with van der Waals surface area (Å²) in [6.45, 7) is 0.180. The van der Waals surface area contributed by atoms with Crippen molar-refractivity contribution in [2.75, 3.05) is 13.7 Å². The van der Waals surface area contributed by atoms with Crippen LogP contribution in [0.3, 0.4) is 0 Å². The van der Waals surface area contributed by atoms with Crippen LogP contribution in [0.4, 0.5) is 4.39 Å². The van der Waals surface area contributed by atoms with Gasteiger partial charge in [-0.2, -0.15) is 0 Å². The number of benzene rings is 1.